The van der Waals surface area contributed by atoms with Crippen molar-refractivity contribution in [2.45, 2.75) is 58.6 Å². The number of hydrogen-bond donors (Lipinski definition) is 1. The lowest BCUT2D eigenvalue weighted by Crippen LogP contribution is -2.39. The molecule has 0 spiro atoms. The monoisotopic (exact) mass is 344 g/mol. The second-order valence-corrected chi connectivity index (χ2v) is 7.86. The fourth-order valence-corrected chi connectivity index (χ4v) is 3.53. The van der Waals surface area contributed by atoms with E-state index in [9.17, 15) is 4.79 Å². The molecule has 1 aliphatic rings. The third-order valence-corrected chi connectivity index (χ3v) is 4.60. The van der Waals surface area contributed by atoms with E-state index in [0.29, 0.717) is 12.5 Å². The number of carbonyl (C=O) groups is 1. The molecule has 1 aromatic carbocycles. The molecule has 25 heavy (non-hydrogen) atoms. The lowest BCUT2D eigenvalue weighted by molar-refractivity contribution is 0.0238. The first-order valence-corrected chi connectivity index (χ1v) is 8.97. The zero-order chi connectivity index (χ0) is 18.2. The minimum atomic E-state index is -0.490. The highest BCUT2D eigenvalue weighted by atomic mass is 16.6. The number of carbonyl (C=O) groups excluding carboxylic acids is 1. The van der Waals surface area contributed by atoms with Gasteiger partial charge in [0, 0.05) is 13.1 Å². The van der Waals surface area contributed by atoms with Crippen LogP contribution in [0.1, 0.15) is 51.6 Å². The van der Waals surface area contributed by atoms with E-state index in [4.69, 9.17) is 10.5 Å². The van der Waals surface area contributed by atoms with E-state index in [2.05, 4.69) is 22.5 Å². The number of para-hydroxylation sites is 1. The molecule has 0 unspecified atom stereocenters. The quantitative estimate of drug-likeness (QED) is 0.852. The highest BCUT2D eigenvalue weighted by molar-refractivity contribution is 5.81. The molecule has 1 fully saturated rings. The molecule has 2 N–H and O–H groups in total. The molecular weight excluding hydrogens is 316 g/mol. The Hall–Kier alpha value is -2.24. The zero-order valence-corrected chi connectivity index (χ0v) is 15.6. The first-order valence-electron chi connectivity index (χ1n) is 8.97. The number of nitrogens with two attached hydrogens (primary N) is 1. The number of likely N-dealkylation sites (tertiary alicyclic amines) is 1. The number of aromatic nitrogens is 2. The van der Waals surface area contributed by atoms with Crippen molar-refractivity contribution in [2.75, 3.05) is 18.8 Å². The summed E-state index contributed by atoms with van der Waals surface area (Å²) in [5.74, 6) is 0.514. The summed E-state index contributed by atoms with van der Waals surface area (Å²) in [6.07, 6.45) is 2.75. The number of benzene rings is 1. The van der Waals surface area contributed by atoms with Crippen LogP contribution in [0.4, 0.5) is 10.7 Å². The van der Waals surface area contributed by atoms with Crippen molar-refractivity contribution in [1.82, 2.24) is 14.5 Å². The van der Waals surface area contributed by atoms with Crippen LogP contribution >= 0.6 is 0 Å². The second-order valence-electron chi connectivity index (χ2n) is 7.86. The summed E-state index contributed by atoms with van der Waals surface area (Å²) in [5, 5.41) is 0. The van der Waals surface area contributed by atoms with E-state index in [1.807, 2.05) is 37.8 Å². The van der Waals surface area contributed by atoms with Gasteiger partial charge in [0.15, 0.2) is 0 Å². The largest absolute Gasteiger partial charge is 0.444 e. The van der Waals surface area contributed by atoms with Crippen molar-refractivity contribution in [3.05, 3.63) is 23.8 Å². The third-order valence-electron chi connectivity index (χ3n) is 4.60. The second kappa shape index (κ2) is 6.58. The van der Waals surface area contributed by atoms with E-state index < -0.39 is 5.60 Å². The molecule has 1 aliphatic heterocycles. The van der Waals surface area contributed by atoms with Gasteiger partial charge in [0.05, 0.1) is 17.1 Å². The number of anilines is 1. The number of hydrogen-bond acceptors (Lipinski definition) is 4. The number of fused-ring (bicyclic) bond motifs is 1. The number of rotatable bonds is 1. The van der Waals surface area contributed by atoms with Gasteiger partial charge in [-0.15, -0.1) is 0 Å². The molecule has 2 aromatic rings. The average Bonchev–Trinajstić information content (AvgIpc) is 2.68. The maximum Gasteiger partial charge on any atom is 0.410 e. The van der Waals surface area contributed by atoms with Gasteiger partial charge in [0.2, 0.25) is 5.95 Å². The predicted octanol–water partition coefficient (Wildman–Crippen LogP) is 3.89. The van der Waals surface area contributed by atoms with Crippen molar-refractivity contribution in [2.24, 2.45) is 0 Å². The van der Waals surface area contributed by atoms with Crippen LogP contribution in [0.3, 0.4) is 0 Å². The molecular formula is C19H28N4O2. The lowest BCUT2D eigenvalue weighted by atomic mass is 10.1. The molecule has 1 aromatic heterocycles. The first kappa shape index (κ1) is 17.6. The molecule has 0 aliphatic carbocycles. The van der Waals surface area contributed by atoms with Crippen molar-refractivity contribution >= 4 is 23.1 Å². The van der Waals surface area contributed by atoms with Crippen LogP contribution in [0.5, 0.6) is 0 Å². The van der Waals surface area contributed by atoms with E-state index in [1.165, 1.54) is 0 Å². The standard InChI is InChI=1S/C19H28N4O2/c1-13-8-7-10-15-16(13)23(17(20)21-15)14-9-5-6-11-22(12-14)18(24)25-19(2,3)4/h7-8,10,14H,5-6,9,11-12H2,1-4H3,(H2,20,21)/t14-/m1/s1. The zero-order valence-electron chi connectivity index (χ0n) is 15.6. The van der Waals surface area contributed by atoms with Crippen LogP contribution in [-0.2, 0) is 4.74 Å². The van der Waals surface area contributed by atoms with E-state index in [1.54, 1.807) is 0 Å². The Bertz CT molecular complexity index is 776. The summed E-state index contributed by atoms with van der Waals surface area (Å²) in [6.45, 7) is 9.07. The van der Waals surface area contributed by atoms with Crippen LogP contribution in [-0.4, -0.2) is 39.2 Å². The summed E-state index contributed by atoms with van der Waals surface area (Å²) in [6, 6.07) is 6.16. The highest BCUT2D eigenvalue weighted by Gasteiger charge is 2.29. The van der Waals surface area contributed by atoms with Gasteiger partial charge in [-0.2, -0.15) is 0 Å². The maximum absolute atomic E-state index is 12.5. The number of amides is 1. The summed E-state index contributed by atoms with van der Waals surface area (Å²) in [5.41, 5.74) is 8.88. The Labute approximate surface area is 149 Å². The first-order chi connectivity index (χ1) is 11.8. The van der Waals surface area contributed by atoms with Gasteiger partial charge in [-0.1, -0.05) is 12.1 Å². The fraction of sp³-hybridized carbons (Fsp3) is 0.579. The molecule has 0 radical (unpaired) electrons. The van der Waals surface area contributed by atoms with Gasteiger partial charge in [-0.3, -0.25) is 0 Å². The SMILES string of the molecule is Cc1cccc2nc(N)n([C@@H]3CCCCN(C(=O)OC(C)(C)C)C3)c12. The third kappa shape index (κ3) is 3.72. The number of ether oxygens (including phenoxy) is 1. The van der Waals surface area contributed by atoms with E-state index in [-0.39, 0.29) is 12.1 Å². The molecule has 1 atom stereocenters. The van der Waals surface area contributed by atoms with Crippen LogP contribution < -0.4 is 5.73 Å². The summed E-state index contributed by atoms with van der Waals surface area (Å²) in [7, 11) is 0. The van der Waals surface area contributed by atoms with Gasteiger partial charge >= 0.3 is 6.09 Å². The summed E-state index contributed by atoms with van der Waals surface area (Å²) in [4.78, 5) is 18.9. The summed E-state index contributed by atoms with van der Waals surface area (Å²) < 4.78 is 7.68. The summed E-state index contributed by atoms with van der Waals surface area (Å²) >= 11 is 0. The minimum absolute atomic E-state index is 0.112. The Morgan fingerprint density at radius 2 is 2.08 bits per heavy atom. The predicted molar refractivity (Wildman–Crippen MR) is 99.6 cm³/mol. The number of imidazole rings is 1. The van der Waals surface area contributed by atoms with E-state index >= 15 is 0 Å². The topological polar surface area (TPSA) is 73.4 Å². The molecule has 0 saturated carbocycles. The Balaban J connectivity index is 1.92. The van der Waals surface area contributed by atoms with Crippen LogP contribution in [0, 0.1) is 6.92 Å². The number of aryl methyl sites for hydroxylation is 1. The minimum Gasteiger partial charge on any atom is -0.444 e. The van der Waals surface area contributed by atoms with Crippen molar-refractivity contribution < 1.29 is 9.53 Å². The normalized spacial score (nSPS) is 19.0. The molecule has 6 heteroatoms. The molecule has 1 saturated heterocycles. The Morgan fingerprint density at radius 3 is 2.80 bits per heavy atom. The lowest BCUT2D eigenvalue weighted by Gasteiger charge is -2.29. The van der Waals surface area contributed by atoms with Crippen molar-refractivity contribution in [3.63, 3.8) is 0 Å². The average molecular weight is 344 g/mol. The van der Waals surface area contributed by atoms with Crippen molar-refractivity contribution in [3.8, 4) is 0 Å². The molecule has 3 rings (SSSR count). The maximum atomic E-state index is 12.5. The smallest absolute Gasteiger partial charge is 0.410 e. The Morgan fingerprint density at radius 1 is 1.32 bits per heavy atom. The molecule has 136 valence electrons. The van der Waals surface area contributed by atoms with Gasteiger partial charge < -0.3 is 19.9 Å². The molecule has 1 amide bonds. The van der Waals surface area contributed by atoms with Crippen LogP contribution in [0.2, 0.25) is 0 Å². The van der Waals surface area contributed by atoms with Gasteiger partial charge in [0.25, 0.3) is 0 Å². The van der Waals surface area contributed by atoms with E-state index in [0.717, 1.165) is 42.4 Å². The highest BCUT2D eigenvalue weighted by Crippen LogP contribution is 2.30. The molecule has 2 heterocycles. The van der Waals surface area contributed by atoms with Gasteiger partial charge in [0.1, 0.15) is 5.60 Å². The van der Waals surface area contributed by atoms with Crippen LogP contribution in [0.25, 0.3) is 11.0 Å². The Kier molecular flexibility index (Phi) is 4.62. The van der Waals surface area contributed by atoms with Crippen LogP contribution in [0.15, 0.2) is 18.2 Å². The van der Waals surface area contributed by atoms with Gasteiger partial charge in [-0.25, -0.2) is 9.78 Å². The number of nitrogens with zero attached hydrogens (tertiary/aromatic N) is 3. The fourth-order valence-electron chi connectivity index (χ4n) is 3.53. The number of nitrogen functional groups attached to an aromatic ring is 1. The van der Waals surface area contributed by atoms with Gasteiger partial charge in [-0.05, 0) is 58.6 Å². The molecule has 6 nitrogen and oxygen atoms in total. The molecule has 0 bridgehead atoms. The van der Waals surface area contributed by atoms with Crippen molar-refractivity contribution in [1.29, 1.82) is 0 Å².